The Kier molecular flexibility index (Phi) is 4.85. The summed E-state index contributed by atoms with van der Waals surface area (Å²) in [6.07, 6.45) is 5.06. The third kappa shape index (κ3) is 3.71. The lowest BCUT2D eigenvalue weighted by Crippen LogP contribution is -2.32. The Morgan fingerprint density at radius 3 is 2.77 bits per heavy atom. The van der Waals surface area contributed by atoms with Gasteiger partial charge in [-0.05, 0) is 43.7 Å². The third-order valence-corrected chi connectivity index (χ3v) is 6.13. The second kappa shape index (κ2) is 7.95. The number of carbonyl (C=O) groups is 1. The van der Waals surface area contributed by atoms with Crippen LogP contribution in [0.15, 0.2) is 61.2 Å². The Morgan fingerprint density at radius 1 is 1.17 bits per heavy atom. The molecule has 0 spiro atoms. The first-order chi connectivity index (χ1) is 16.9. The lowest BCUT2D eigenvalue weighted by molar-refractivity contribution is -0.122. The lowest BCUT2D eigenvalue weighted by atomic mass is 9.89. The van der Waals surface area contributed by atoms with E-state index in [1.165, 1.54) is 17.2 Å². The fourth-order valence-electron chi connectivity index (χ4n) is 4.44. The molecule has 0 fully saturated rings. The van der Waals surface area contributed by atoms with Crippen LogP contribution in [0.5, 0.6) is 0 Å². The SMILES string of the molecule is CC1(C)Cc2c(c(-c3ccco3)nc3oc4c(=O)n(CC(=O)NCc5ccco5)cnc4c23)CO1. The Morgan fingerprint density at radius 2 is 2.00 bits per heavy atom. The summed E-state index contributed by atoms with van der Waals surface area (Å²) in [5.74, 6) is 0.854. The fraction of sp³-hybridized carbons (Fsp3) is 0.280. The summed E-state index contributed by atoms with van der Waals surface area (Å²) >= 11 is 0. The van der Waals surface area contributed by atoms with Gasteiger partial charge in [0.15, 0.2) is 5.76 Å². The molecule has 1 aliphatic heterocycles. The largest absolute Gasteiger partial charge is 0.467 e. The van der Waals surface area contributed by atoms with Crippen LogP contribution in [0, 0.1) is 0 Å². The molecule has 0 saturated carbocycles. The number of furan rings is 3. The number of hydrogen-bond acceptors (Lipinski definition) is 8. The highest BCUT2D eigenvalue weighted by Crippen LogP contribution is 2.40. The number of rotatable bonds is 5. The van der Waals surface area contributed by atoms with Crippen molar-refractivity contribution < 1.29 is 22.8 Å². The summed E-state index contributed by atoms with van der Waals surface area (Å²) in [5, 5.41) is 3.41. The monoisotopic (exact) mass is 474 g/mol. The summed E-state index contributed by atoms with van der Waals surface area (Å²) in [7, 11) is 0. The summed E-state index contributed by atoms with van der Waals surface area (Å²) in [5.41, 5.74) is 2.38. The highest BCUT2D eigenvalue weighted by molar-refractivity contribution is 6.04. The van der Waals surface area contributed by atoms with E-state index in [4.69, 9.17) is 18.0 Å². The zero-order chi connectivity index (χ0) is 24.2. The molecule has 1 aliphatic rings. The molecule has 1 N–H and O–H groups in total. The van der Waals surface area contributed by atoms with Crippen molar-refractivity contribution >= 4 is 28.1 Å². The van der Waals surface area contributed by atoms with Crippen LogP contribution in [-0.4, -0.2) is 26.0 Å². The molecule has 178 valence electrons. The van der Waals surface area contributed by atoms with Crippen molar-refractivity contribution in [2.24, 2.45) is 0 Å². The van der Waals surface area contributed by atoms with Crippen molar-refractivity contribution in [3.8, 4) is 11.5 Å². The van der Waals surface area contributed by atoms with Crippen LogP contribution < -0.4 is 10.9 Å². The van der Waals surface area contributed by atoms with Gasteiger partial charge in [0.2, 0.25) is 17.2 Å². The maximum absolute atomic E-state index is 13.2. The number of ether oxygens (including phenoxy) is 1. The summed E-state index contributed by atoms with van der Waals surface area (Å²) in [6, 6.07) is 7.11. The van der Waals surface area contributed by atoms with Crippen LogP contribution in [0.4, 0.5) is 0 Å². The fourth-order valence-corrected chi connectivity index (χ4v) is 4.44. The molecule has 5 aromatic heterocycles. The number of nitrogens with zero attached hydrogens (tertiary/aromatic N) is 3. The van der Waals surface area contributed by atoms with Gasteiger partial charge in [-0.25, -0.2) is 9.97 Å². The number of hydrogen-bond donors (Lipinski definition) is 1. The van der Waals surface area contributed by atoms with E-state index in [1.54, 1.807) is 24.5 Å². The maximum Gasteiger partial charge on any atom is 0.297 e. The van der Waals surface area contributed by atoms with Crippen molar-refractivity contribution in [3.63, 3.8) is 0 Å². The molecule has 0 radical (unpaired) electrons. The van der Waals surface area contributed by atoms with Crippen molar-refractivity contribution in [3.05, 3.63) is 70.4 Å². The molecule has 10 nitrogen and oxygen atoms in total. The smallest absolute Gasteiger partial charge is 0.297 e. The first-order valence-electron chi connectivity index (χ1n) is 11.2. The quantitative estimate of drug-likeness (QED) is 0.410. The molecule has 0 unspecified atom stereocenters. The Balaban J connectivity index is 1.44. The summed E-state index contributed by atoms with van der Waals surface area (Å²) < 4.78 is 24.1. The first kappa shape index (κ1) is 21.4. The minimum Gasteiger partial charge on any atom is -0.467 e. The van der Waals surface area contributed by atoms with Gasteiger partial charge in [0.05, 0.1) is 43.0 Å². The first-order valence-corrected chi connectivity index (χ1v) is 11.2. The zero-order valence-corrected chi connectivity index (χ0v) is 19.2. The predicted octanol–water partition coefficient (Wildman–Crippen LogP) is 3.56. The summed E-state index contributed by atoms with van der Waals surface area (Å²) in [4.78, 5) is 34.8. The van der Waals surface area contributed by atoms with Crippen LogP contribution >= 0.6 is 0 Å². The standard InChI is InChI=1S/C25H22N4O6/c1-25(2)9-15-16(12-34-25)20(17-6-4-8-33-17)28-23-19(15)21-22(35-23)24(31)29(13-27-21)11-18(30)26-10-14-5-3-7-32-14/h3-8,13H,9-12H2,1-2H3,(H,26,30). The van der Waals surface area contributed by atoms with E-state index in [9.17, 15) is 9.59 Å². The van der Waals surface area contributed by atoms with Crippen molar-refractivity contribution in [1.82, 2.24) is 19.9 Å². The van der Waals surface area contributed by atoms with Gasteiger partial charge in [-0.3, -0.25) is 14.2 Å². The van der Waals surface area contributed by atoms with Crippen molar-refractivity contribution in [2.45, 2.75) is 45.6 Å². The van der Waals surface area contributed by atoms with Gasteiger partial charge in [-0.1, -0.05) is 0 Å². The molecule has 10 heteroatoms. The van der Waals surface area contributed by atoms with Gasteiger partial charge in [0, 0.05) is 12.0 Å². The highest BCUT2D eigenvalue weighted by atomic mass is 16.5. The molecular weight excluding hydrogens is 452 g/mol. The molecule has 6 heterocycles. The predicted molar refractivity (Wildman–Crippen MR) is 124 cm³/mol. The number of fused-ring (bicyclic) bond motifs is 5. The average Bonchev–Trinajstić information content (AvgIpc) is 3.59. The molecule has 0 saturated heterocycles. The Labute approximate surface area is 198 Å². The Hall–Kier alpha value is -4.18. The number of carbonyl (C=O) groups excluding carboxylic acids is 1. The van der Waals surface area contributed by atoms with Gasteiger partial charge >= 0.3 is 0 Å². The van der Waals surface area contributed by atoms with E-state index in [1.807, 2.05) is 19.9 Å². The van der Waals surface area contributed by atoms with Crippen molar-refractivity contribution in [1.29, 1.82) is 0 Å². The second-order valence-electron chi connectivity index (χ2n) is 9.11. The van der Waals surface area contributed by atoms with E-state index in [0.717, 1.165) is 11.1 Å². The molecule has 0 bridgehead atoms. The third-order valence-electron chi connectivity index (χ3n) is 6.13. The van der Waals surface area contributed by atoms with Gasteiger partial charge in [-0.15, -0.1) is 0 Å². The number of aromatic nitrogens is 3. The van der Waals surface area contributed by atoms with E-state index >= 15 is 0 Å². The van der Waals surface area contributed by atoms with Gasteiger partial charge in [-0.2, -0.15) is 0 Å². The minimum absolute atomic E-state index is 0.0527. The minimum atomic E-state index is -0.458. The second-order valence-corrected chi connectivity index (χ2v) is 9.11. The number of nitrogens with one attached hydrogen (secondary N) is 1. The van der Waals surface area contributed by atoms with Crippen molar-refractivity contribution in [2.75, 3.05) is 0 Å². The van der Waals surface area contributed by atoms with Gasteiger partial charge in [0.1, 0.15) is 23.5 Å². The highest BCUT2D eigenvalue weighted by Gasteiger charge is 2.33. The van der Waals surface area contributed by atoms with Crippen LogP contribution in [0.25, 0.3) is 33.7 Å². The molecule has 5 aromatic rings. The normalized spacial score (nSPS) is 14.9. The van der Waals surface area contributed by atoms with Gasteiger partial charge in [0.25, 0.3) is 5.56 Å². The van der Waals surface area contributed by atoms with E-state index in [-0.39, 0.29) is 24.6 Å². The zero-order valence-electron chi connectivity index (χ0n) is 19.2. The van der Waals surface area contributed by atoms with E-state index < -0.39 is 11.2 Å². The topological polar surface area (TPSA) is 126 Å². The van der Waals surface area contributed by atoms with Crippen LogP contribution in [0.2, 0.25) is 0 Å². The Bertz CT molecular complexity index is 1610. The number of amides is 1. The summed E-state index contributed by atoms with van der Waals surface area (Å²) in [6.45, 7) is 4.40. The molecule has 0 atom stereocenters. The lowest BCUT2D eigenvalue weighted by Gasteiger charge is -2.32. The molecule has 0 aromatic carbocycles. The average molecular weight is 474 g/mol. The molecular formula is C25H22N4O6. The van der Waals surface area contributed by atoms with E-state index in [0.29, 0.717) is 46.9 Å². The van der Waals surface area contributed by atoms with Crippen LogP contribution in [0.1, 0.15) is 30.7 Å². The molecule has 35 heavy (non-hydrogen) atoms. The van der Waals surface area contributed by atoms with Crippen LogP contribution in [0.3, 0.4) is 0 Å². The van der Waals surface area contributed by atoms with Crippen LogP contribution in [-0.2, 0) is 35.6 Å². The molecule has 0 aliphatic carbocycles. The van der Waals surface area contributed by atoms with Gasteiger partial charge < -0.3 is 23.3 Å². The van der Waals surface area contributed by atoms with E-state index in [2.05, 4.69) is 15.3 Å². The molecule has 1 amide bonds. The number of pyridine rings is 1. The molecule has 6 rings (SSSR count). The maximum atomic E-state index is 13.2.